The molecule has 1 saturated heterocycles. The quantitative estimate of drug-likeness (QED) is 0.909. The molecule has 136 valence electrons. The summed E-state index contributed by atoms with van der Waals surface area (Å²) in [6.07, 6.45) is 7.03. The van der Waals surface area contributed by atoms with Crippen molar-refractivity contribution < 1.29 is 9.53 Å². The van der Waals surface area contributed by atoms with Gasteiger partial charge in [-0.1, -0.05) is 12.1 Å². The zero-order chi connectivity index (χ0) is 18.3. The van der Waals surface area contributed by atoms with E-state index in [0.29, 0.717) is 12.4 Å². The minimum atomic E-state index is -0.295. The average Bonchev–Trinajstić information content (AvgIpc) is 3.61. The van der Waals surface area contributed by atoms with Gasteiger partial charge in [0.2, 0.25) is 5.91 Å². The molecule has 2 heterocycles. The lowest BCUT2D eigenvalue weighted by Gasteiger charge is -2.11. The fourth-order valence-corrected chi connectivity index (χ4v) is 5.31. The number of nitrogens with zero attached hydrogens (tertiary/aromatic N) is 2. The van der Waals surface area contributed by atoms with E-state index in [-0.39, 0.29) is 28.1 Å². The van der Waals surface area contributed by atoms with E-state index in [2.05, 4.69) is 28.5 Å². The van der Waals surface area contributed by atoms with Gasteiger partial charge in [0, 0.05) is 29.5 Å². The molecule has 2 spiro atoms. The van der Waals surface area contributed by atoms with Gasteiger partial charge < -0.3 is 10.1 Å². The minimum Gasteiger partial charge on any atom is -0.381 e. The summed E-state index contributed by atoms with van der Waals surface area (Å²) in [7, 11) is 0. The standard InChI is InChI=1S/C22H21N3O2/c23-12-22(11-21(22)3-4-21)16-2-1-14-10-24-18(8-15(14)7-16)25-19(26)17-9-20(17)5-6-27-13-20/h1-2,7-8,10,17H,3-6,9,11,13H2,(H,24,25,26)/t17-,20?,22-/m1/s1. The molecule has 3 aliphatic carbocycles. The van der Waals surface area contributed by atoms with Crippen LogP contribution in [-0.2, 0) is 14.9 Å². The number of rotatable bonds is 3. The molecular weight excluding hydrogens is 338 g/mol. The second kappa shape index (κ2) is 4.88. The summed E-state index contributed by atoms with van der Waals surface area (Å²) >= 11 is 0. The lowest BCUT2D eigenvalue weighted by molar-refractivity contribution is -0.118. The molecule has 1 aromatic heterocycles. The van der Waals surface area contributed by atoms with E-state index in [4.69, 9.17) is 4.74 Å². The fraction of sp³-hybridized carbons (Fsp3) is 0.500. The van der Waals surface area contributed by atoms with Crippen LogP contribution in [-0.4, -0.2) is 24.1 Å². The van der Waals surface area contributed by atoms with Gasteiger partial charge in [-0.3, -0.25) is 4.79 Å². The molecule has 27 heavy (non-hydrogen) atoms. The number of aromatic nitrogens is 1. The van der Waals surface area contributed by atoms with Crippen LogP contribution in [0.25, 0.3) is 10.8 Å². The number of carbonyl (C=O) groups excluding carboxylic acids is 1. The number of hydrogen-bond acceptors (Lipinski definition) is 4. The number of ether oxygens (including phenoxy) is 1. The van der Waals surface area contributed by atoms with Gasteiger partial charge in [-0.25, -0.2) is 4.98 Å². The first-order valence-electron chi connectivity index (χ1n) is 9.80. The van der Waals surface area contributed by atoms with Crippen molar-refractivity contribution in [3.63, 3.8) is 0 Å². The van der Waals surface area contributed by atoms with Gasteiger partial charge in [-0.2, -0.15) is 5.26 Å². The van der Waals surface area contributed by atoms with Gasteiger partial charge in [0.15, 0.2) is 0 Å². The number of carbonyl (C=O) groups is 1. The summed E-state index contributed by atoms with van der Waals surface area (Å²) in [5.74, 6) is 0.691. The number of fused-ring (bicyclic) bond motifs is 1. The van der Waals surface area contributed by atoms with E-state index in [0.717, 1.165) is 42.2 Å². The summed E-state index contributed by atoms with van der Waals surface area (Å²) in [4.78, 5) is 17.0. The fourth-order valence-electron chi connectivity index (χ4n) is 5.31. The van der Waals surface area contributed by atoms with Crippen LogP contribution in [0.3, 0.4) is 0 Å². The smallest absolute Gasteiger partial charge is 0.229 e. The summed E-state index contributed by atoms with van der Waals surface area (Å²) in [5.41, 5.74) is 1.15. The van der Waals surface area contributed by atoms with Crippen LogP contribution in [0.2, 0.25) is 0 Å². The van der Waals surface area contributed by atoms with Crippen LogP contribution >= 0.6 is 0 Å². The van der Waals surface area contributed by atoms with Crippen molar-refractivity contribution in [3.05, 3.63) is 36.0 Å². The van der Waals surface area contributed by atoms with E-state index in [1.807, 2.05) is 12.1 Å². The zero-order valence-electron chi connectivity index (χ0n) is 15.1. The molecule has 6 rings (SSSR count). The Morgan fingerprint density at radius 3 is 2.85 bits per heavy atom. The number of anilines is 1. The second-order valence-corrected chi connectivity index (χ2v) is 9.02. The maximum absolute atomic E-state index is 12.6. The minimum absolute atomic E-state index is 0.0480. The molecule has 2 aromatic rings. The summed E-state index contributed by atoms with van der Waals surface area (Å²) in [5, 5.41) is 14.8. The van der Waals surface area contributed by atoms with Crippen molar-refractivity contribution >= 4 is 22.5 Å². The molecule has 4 fully saturated rings. The highest BCUT2D eigenvalue weighted by molar-refractivity contribution is 5.96. The first kappa shape index (κ1) is 15.6. The van der Waals surface area contributed by atoms with Crippen molar-refractivity contribution in [2.75, 3.05) is 18.5 Å². The molecule has 3 atom stereocenters. The Labute approximate surface area is 157 Å². The number of nitriles is 1. The molecule has 1 aliphatic heterocycles. The Balaban J connectivity index is 1.27. The zero-order valence-corrected chi connectivity index (χ0v) is 15.1. The predicted octanol–water partition coefficient (Wildman–Crippen LogP) is 3.55. The normalized spacial score (nSPS) is 34.6. The first-order chi connectivity index (χ1) is 13.1. The summed E-state index contributed by atoms with van der Waals surface area (Å²) in [6, 6.07) is 10.8. The van der Waals surface area contributed by atoms with Crippen molar-refractivity contribution in [2.45, 2.75) is 37.5 Å². The second-order valence-electron chi connectivity index (χ2n) is 9.02. The highest BCUT2D eigenvalue weighted by Gasteiger charge is 2.75. The van der Waals surface area contributed by atoms with Gasteiger partial charge >= 0.3 is 0 Å². The molecule has 5 heteroatoms. The molecule has 1 unspecified atom stereocenters. The number of pyridine rings is 1. The van der Waals surface area contributed by atoms with Crippen molar-refractivity contribution in [3.8, 4) is 6.07 Å². The van der Waals surface area contributed by atoms with Crippen LogP contribution in [0.4, 0.5) is 5.82 Å². The average molecular weight is 359 g/mol. The van der Waals surface area contributed by atoms with E-state index in [1.54, 1.807) is 6.20 Å². The highest BCUT2D eigenvalue weighted by atomic mass is 16.5. The van der Waals surface area contributed by atoms with E-state index in [9.17, 15) is 10.1 Å². The van der Waals surface area contributed by atoms with Crippen molar-refractivity contribution in [1.29, 1.82) is 5.26 Å². The summed E-state index contributed by atoms with van der Waals surface area (Å²) < 4.78 is 5.47. The molecule has 1 aromatic carbocycles. The Bertz CT molecular complexity index is 1030. The number of amides is 1. The third kappa shape index (κ3) is 2.08. The van der Waals surface area contributed by atoms with Gasteiger partial charge in [-0.15, -0.1) is 0 Å². The topological polar surface area (TPSA) is 75.0 Å². The largest absolute Gasteiger partial charge is 0.381 e. The van der Waals surface area contributed by atoms with Gasteiger partial charge in [0.05, 0.1) is 18.1 Å². The molecule has 1 N–H and O–H groups in total. The molecule has 3 saturated carbocycles. The van der Waals surface area contributed by atoms with Gasteiger partial charge in [0.25, 0.3) is 0 Å². The number of nitrogens with one attached hydrogen (secondary N) is 1. The Morgan fingerprint density at radius 2 is 2.15 bits per heavy atom. The highest BCUT2D eigenvalue weighted by Crippen LogP contribution is 2.78. The molecule has 0 radical (unpaired) electrons. The Hall–Kier alpha value is -2.45. The predicted molar refractivity (Wildman–Crippen MR) is 99.9 cm³/mol. The van der Waals surface area contributed by atoms with E-state index < -0.39 is 0 Å². The van der Waals surface area contributed by atoms with Crippen molar-refractivity contribution in [2.24, 2.45) is 16.7 Å². The van der Waals surface area contributed by atoms with E-state index in [1.165, 1.54) is 12.8 Å². The maximum Gasteiger partial charge on any atom is 0.229 e. The van der Waals surface area contributed by atoms with E-state index >= 15 is 0 Å². The molecule has 1 amide bonds. The first-order valence-corrected chi connectivity index (χ1v) is 9.80. The Morgan fingerprint density at radius 1 is 1.26 bits per heavy atom. The molecule has 5 nitrogen and oxygen atoms in total. The third-order valence-electron chi connectivity index (χ3n) is 7.53. The SMILES string of the molecule is N#C[C@@]1(c2ccc3cnc(NC(=O)[C@H]4CC45CCOC5)cc3c2)CC12CC2. The Kier molecular flexibility index (Phi) is 2.82. The lowest BCUT2D eigenvalue weighted by atomic mass is 9.92. The lowest BCUT2D eigenvalue weighted by Crippen LogP contribution is -2.19. The van der Waals surface area contributed by atoms with Crippen molar-refractivity contribution in [1.82, 2.24) is 4.98 Å². The third-order valence-corrected chi connectivity index (χ3v) is 7.53. The molecule has 0 bridgehead atoms. The van der Waals surface area contributed by atoms with Crippen LogP contribution in [0.15, 0.2) is 30.5 Å². The summed E-state index contributed by atoms with van der Waals surface area (Å²) in [6.45, 7) is 1.47. The van der Waals surface area contributed by atoms with Crippen LogP contribution in [0.1, 0.15) is 37.7 Å². The maximum atomic E-state index is 12.6. The number of hydrogen-bond donors (Lipinski definition) is 1. The van der Waals surface area contributed by atoms with Gasteiger partial charge in [-0.05, 0) is 60.6 Å². The van der Waals surface area contributed by atoms with Crippen LogP contribution in [0.5, 0.6) is 0 Å². The van der Waals surface area contributed by atoms with Crippen LogP contribution in [0, 0.1) is 28.1 Å². The van der Waals surface area contributed by atoms with Crippen LogP contribution < -0.4 is 5.32 Å². The van der Waals surface area contributed by atoms with Gasteiger partial charge in [0.1, 0.15) is 5.82 Å². The number of benzene rings is 1. The monoisotopic (exact) mass is 359 g/mol. The molecule has 4 aliphatic rings. The molecular formula is C22H21N3O2.